The Labute approximate surface area is 175 Å². The molecule has 164 valence electrons. The highest BCUT2D eigenvalue weighted by Crippen LogP contribution is 2.34. The van der Waals surface area contributed by atoms with Gasteiger partial charge in [-0.1, -0.05) is 12.1 Å². The van der Waals surface area contributed by atoms with Crippen LogP contribution in [-0.2, 0) is 10.0 Å². The number of nitrogens with one attached hydrogen (secondary N) is 1. The molecule has 1 fully saturated rings. The molecule has 1 aliphatic rings. The molecule has 1 aromatic carbocycles. The summed E-state index contributed by atoms with van der Waals surface area (Å²) < 4.78 is 68.2. The molecule has 1 unspecified atom stereocenters. The van der Waals surface area contributed by atoms with Crippen LogP contribution in [0.3, 0.4) is 0 Å². The minimum atomic E-state index is -3.30. The Balaban J connectivity index is 1.53. The second-order valence-electron chi connectivity index (χ2n) is 7.06. The van der Waals surface area contributed by atoms with Gasteiger partial charge in [0, 0.05) is 31.4 Å². The number of benzene rings is 1. The molecule has 0 aliphatic carbocycles. The zero-order valence-corrected chi connectivity index (χ0v) is 16.9. The highest BCUT2D eigenvalue weighted by atomic mass is 32.2. The lowest BCUT2D eigenvalue weighted by Gasteiger charge is -2.42. The lowest BCUT2D eigenvalue weighted by atomic mass is 9.88. The van der Waals surface area contributed by atoms with Crippen LogP contribution >= 0.6 is 0 Å². The van der Waals surface area contributed by atoms with Crippen LogP contribution in [0.5, 0.6) is 0 Å². The SMILES string of the molecule is CS(=O)(=O)N1CC(C(Nc2ncc(-c3nnc(C(F)F)o3)cn2)c2ccc(F)cc2)C1. The number of alkyl halides is 2. The first-order valence-corrected chi connectivity index (χ1v) is 11.0. The van der Waals surface area contributed by atoms with Crippen molar-refractivity contribution in [2.45, 2.75) is 12.5 Å². The summed E-state index contributed by atoms with van der Waals surface area (Å²) in [4.78, 5) is 8.31. The highest BCUT2D eigenvalue weighted by Gasteiger charge is 2.39. The first kappa shape index (κ1) is 21.2. The second kappa shape index (κ2) is 8.23. The van der Waals surface area contributed by atoms with Gasteiger partial charge in [0.15, 0.2) is 0 Å². The fraction of sp³-hybridized carbons (Fsp3) is 0.333. The molecule has 0 saturated carbocycles. The van der Waals surface area contributed by atoms with Crippen molar-refractivity contribution in [1.29, 1.82) is 0 Å². The van der Waals surface area contributed by atoms with Crippen molar-refractivity contribution in [1.82, 2.24) is 24.5 Å². The zero-order valence-electron chi connectivity index (χ0n) is 16.1. The fourth-order valence-electron chi connectivity index (χ4n) is 3.19. The number of nitrogens with zero attached hydrogens (tertiary/aromatic N) is 5. The van der Waals surface area contributed by atoms with Crippen molar-refractivity contribution in [2.24, 2.45) is 5.92 Å². The van der Waals surface area contributed by atoms with E-state index in [9.17, 15) is 21.6 Å². The third-order valence-electron chi connectivity index (χ3n) is 4.86. The van der Waals surface area contributed by atoms with Gasteiger partial charge < -0.3 is 9.73 Å². The van der Waals surface area contributed by atoms with Crippen LogP contribution in [0.4, 0.5) is 19.1 Å². The normalized spacial score (nSPS) is 16.3. The Hall–Kier alpha value is -3.06. The smallest absolute Gasteiger partial charge is 0.314 e. The zero-order chi connectivity index (χ0) is 22.2. The van der Waals surface area contributed by atoms with E-state index >= 15 is 0 Å². The number of rotatable bonds is 7. The number of halogens is 3. The maximum absolute atomic E-state index is 13.4. The Morgan fingerprint density at radius 2 is 1.77 bits per heavy atom. The molecule has 4 rings (SSSR count). The summed E-state index contributed by atoms with van der Waals surface area (Å²) >= 11 is 0. The molecule has 2 aromatic heterocycles. The van der Waals surface area contributed by atoms with Crippen molar-refractivity contribution in [3.05, 3.63) is 53.9 Å². The van der Waals surface area contributed by atoms with E-state index in [4.69, 9.17) is 4.42 Å². The maximum atomic E-state index is 13.4. The first-order valence-electron chi connectivity index (χ1n) is 9.12. The molecule has 0 amide bonds. The Morgan fingerprint density at radius 3 is 2.32 bits per heavy atom. The van der Waals surface area contributed by atoms with E-state index in [1.165, 1.54) is 28.8 Å². The first-order chi connectivity index (χ1) is 14.7. The molecule has 0 radical (unpaired) electrons. The van der Waals surface area contributed by atoms with Crippen molar-refractivity contribution < 1.29 is 26.0 Å². The summed E-state index contributed by atoms with van der Waals surface area (Å²) in [5.74, 6) is -1.21. The average molecular weight is 454 g/mol. The van der Waals surface area contributed by atoms with E-state index in [-0.39, 0.29) is 29.4 Å². The molecule has 1 aliphatic heterocycles. The number of anilines is 1. The maximum Gasteiger partial charge on any atom is 0.314 e. The summed E-state index contributed by atoms with van der Waals surface area (Å²) in [5, 5.41) is 9.94. The predicted octanol–water partition coefficient (Wildman–Crippen LogP) is 2.65. The largest absolute Gasteiger partial charge is 0.415 e. The third-order valence-corrected chi connectivity index (χ3v) is 6.09. The molecule has 1 saturated heterocycles. The van der Waals surface area contributed by atoms with Gasteiger partial charge in [-0.3, -0.25) is 0 Å². The molecule has 13 heteroatoms. The van der Waals surface area contributed by atoms with Crippen LogP contribution < -0.4 is 5.32 Å². The topological polar surface area (TPSA) is 114 Å². The van der Waals surface area contributed by atoms with Crippen molar-refractivity contribution in [3.63, 3.8) is 0 Å². The lowest BCUT2D eigenvalue weighted by Crippen LogP contribution is -2.52. The minimum Gasteiger partial charge on any atom is -0.415 e. The monoisotopic (exact) mass is 454 g/mol. The van der Waals surface area contributed by atoms with Gasteiger partial charge >= 0.3 is 6.43 Å². The Morgan fingerprint density at radius 1 is 1.13 bits per heavy atom. The molecule has 3 heterocycles. The molecule has 3 aromatic rings. The molecule has 0 spiro atoms. The van der Waals surface area contributed by atoms with Gasteiger partial charge in [0.2, 0.25) is 16.0 Å². The molecule has 0 bridgehead atoms. The summed E-state index contributed by atoms with van der Waals surface area (Å²) in [6, 6.07) is 5.47. The summed E-state index contributed by atoms with van der Waals surface area (Å²) in [6.07, 6.45) is 0.934. The summed E-state index contributed by atoms with van der Waals surface area (Å²) in [7, 11) is -3.30. The highest BCUT2D eigenvalue weighted by molar-refractivity contribution is 7.88. The minimum absolute atomic E-state index is 0.0898. The van der Waals surface area contributed by atoms with E-state index < -0.39 is 28.2 Å². The second-order valence-corrected chi connectivity index (χ2v) is 9.04. The number of aromatic nitrogens is 4. The Bertz CT molecular complexity index is 1150. The van der Waals surface area contributed by atoms with Crippen LogP contribution in [0.1, 0.15) is 23.9 Å². The number of hydrogen-bond acceptors (Lipinski definition) is 8. The molecular formula is C18H17F3N6O3S. The van der Waals surface area contributed by atoms with E-state index in [0.717, 1.165) is 11.8 Å². The van der Waals surface area contributed by atoms with Crippen LogP contribution in [0.2, 0.25) is 0 Å². The van der Waals surface area contributed by atoms with Gasteiger partial charge in [0.1, 0.15) is 5.82 Å². The van der Waals surface area contributed by atoms with Crippen molar-refractivity contribution in [2.75, 3.05) is 24.7 Å². The Kier molecular flexibility index (Phi) is 5.62. The van der Waals surface area contributed by atoms with E-state index in [0.29, 0.717) is 13.1 Å². The van der Waals surface area contributed by atoms with Gasteiger partial charge in [-0.15, -0.1) is 10.2 Å². The molecule has 1 N–H and O–H groups in total. The van der Waals surface area contributed by atoms with Crippen molar-refractivity contribution >= 4 is 16.0 Å². The van der Waals surface area contributed by atoms with E-state index in [1.54, 1.807) is 12.1 Å². The van der Waals surface area contributed by atoms with E-state index in [2.05, 4.69) is 25.5 Å². The molecular weight excluding hydrogens is 437 g/mol. The van der Waals surface area contributed by atoms with Crippen LogP contribution in [0, 0.1) is 11.7 Å². The number of hydrogen-bond donors (Lipinski definition) is 1. The van der Waals surface area contributed by atoms with Crippen LogP contribution in [0.25, 0.3) is 11.5 Å². The van der Waals surface area contributed by atoms with Crippen molar-refractivity contribution in [3.8, 4) is 11.5 Å². The average Bonchev–Trinajstić information content (AvgIpc) is 3.17. The lowest BCUT2D eigenvalue weighted by molar-refractivity contribution is 0.116. The van der Waals surface area contributed by atoms with Gasteiger partial charge in [0.05, 0.1) is 17.9 Å². The predicted molar refractivity (Wildman–Crippen MR) is 103 cm³/mol. The van der Waals surface area contributed by atoms with Gasteiger partial charge in [-0.25, -0.2) is 27.1 Å². The quantitative estimate of drug-likeness (QED) is 0.580. The molecule has 1 atom stereocenters. The summed E-state index contributed by atoms with van der Waals surface area (Å²) in [5.41, 5.74) is 1.00. The third kappa shape index (κ3) is 4.66. The van der Waals surface area contributed by atoms with Gasteiger partial charge in [-0.05, 0) is 17.7 Å². The summed E-state index contributed by atoms with van der Waals surface area (Å²) in [6.45, 7) is 0.592. The van der Waals surface area contributed by atoms with Crippen LogP contribution in [0.15, 0.2) is 41.1 Å². The molecule has 31 heavy (non-hydrogen) atoms. The van der Waals surface area contributed by atoms with Gasteiger partial charge in [-0.2, -0.15) is 8.78 Å². The standard InChI is InChI=1S/C18H17F3N6O3S/c1-31(28,29)27-8-12(9-27)14(10-2-4-13(19)5-3-10)24-18-22-6-11(7-23-18)16-25-26-17(30-16)15(20)21/h2-7,12,14-15H,8-9H2,1H3,(H,22,23,24). The number of sulfonamides is 1. The van der Waals surface area contributed by atoms with E-state index in [1.807, 2.05) is 0 Å². The fourth-order valence-corrected chi connectivity index (χ4v) is 4.11. The molecule has 9 nitrogen and oxygen atoms in total. The van der Waals surface area contributed by atoms with Gasteiger partial charge in [0.25, 0.3) is 11.8 Å². The van der Waals surface area contributed by atoms with Crippen LogP contribution in [-0.4, -0.2) is 52.2 Å².